The monoisotopic (exact) mass is 401 g/mol. The number of nitrogens with zero attached hydrogens (tertiary/aromatic N) is 1. The molecule has 2 N–H and O–H groups in total. The third kappa shape index (κ3) is 3.61. The standard InChI is InChI=1S/C21H27N3O3S/c1-21(10-5-12-24(21)2)11-13-28(26,27)23-20(25)22-19-17-8-3-6-15(17)14-16-7-4-9-18(16)19/h3,6,11,13-14H,4-5,7-10,12H2,1-2H3,(H2,22,23,25)/b13-11+. The van der Waals surface area contributed by atoms with Gasteiger partial charge in [-0.3, -0.25) is 4.90 Å². The summed E-state index contributed by atoms with van der Waals surface area (Å²) in [6, 6.07) is 1.49. The molecule has 1 atom stereocenters. The molecule has 0 aromatic heterocycles. The van der Waals surface area contributed by atoms with Crippen LogP contribution in [0.2, 0.25) is 0 Å². The van der Waals surface area contributed by atoms with Crippen LogP contribution in [0.4, 0.5) is 10.5 Å². The number of urea groups is 1. The Morgan fingerprint density at radius 2 is 2.07 bits per heavy atom. The molecular formula is C21H27N3O3S. The van der Waals surface area contributed by atoms with Crippen molar-refractivity contribution in [3.63, 3.8) is 0 Å². The lowest BCUT2D eigenvalue weighted by Crippen LogP contribution is -2.37. The number of benzene rings is 1. The van der Waals surface area contributed by atoms with E-state index in [2.05, 4.69) is 33.2 Å². The molecule has 1 aliphatic heterocycles. The summed E-state index contributed by atoms with van der Waals surface area (Å²) in [5.74, 6) is 0. The minimum Gasteiger partial charge on any atom is -0.307 e. The molecule has 2 aliphatic carbocycles. The Morgan fingerprint density at radius 1 is 1.25 bits per heavy atom. The number of hydrogen-bond donors (Lipinski definition) is 2. The van der Waals surface area contributed by atoms with Gasteiger partial charge in [0.05, 0.1) is 0 Å². The lowest BCUT2D eigenvalue weighted by Gasteiger charge is -2.28. The quantitative estimate of drug-likeness (QED) is 0.812. The first-order valence-corrected chi connectivity index (χ1v) is 11.4. The first kappa shape index (κ1) is 19.2. The Balaban J connectivity index is 1.50. The van der Waals surface area contributed by atoms with E-state index in [9.17, 15) is 13.2 Å². The number of carbonyl (C=O) groups is 1. The molecule has 0 spiro atoms. The highest BCUT2D eigenvalue weighted by Gasteiger charge is 2.32. The highest BCUT2D eigenvalue weighted by molar-refractivity contribution is 7.92. The van der Waals surface area contributed by atoms with Gasteiger partial charge in [-0.25, -0.2) is 17.9 Å². The average molecular weight is 402 g/mol. The summed E-state index contributed by atoms with van der Waals surface area (Å²) in [7, 11) is -1.88. The van der Waals surface area contributed by atoms with Gasteiger partial charge in [0.15, 0.2) is 0 Å². The van der Waals surface area contributed by atoms with Gasteiger partial charge in [-0.2, -0.15) is 0 Å². The highest BCUT2D eigenvalue weighted by atomic mass is 32.2. The fourth-order valence-corrected chi connectivity index (χ4v) is 5.36. The Kier molecular flexibility index (Phi) is 4.83. The number of carbonyl (C=O) groups excluding carboxylic acids is 1. The van der Waals surface area contributed by atoms with Crippen LogP contribution in [-0.2, 0) is 29.3 Å². The minimum atomic E-state index is -3.86. The summed E-state index contributed by atoms with van der Waals surface area (Å²) in [6.45, 7) is 2.95. The highest BCUT2D eigenvalue weighted by Crippen LogP contribution is 2.37. The van der Waals surface area contributed by atoms with Crippen LogP contribution in [0.15, 0.2) is 23.6 Å². The van der Waals surface area contributed by atoms with E-state index in [1.54, 1.807) is 6.08 Å². The number of hydrogen-bond acceptors (Lipinski definition) is 4. The molecule has 0 saturated carbocycles. The van der Waals surface area contributed by atoms with E-state index in [0.717, 1.165) is 72.9 Å². The molecule has 4 rings (SSSR count). The maximum absolute atomic E-state index is 12.5. The maximum Gasteiger partial charge on any atom is 0.333 e. The van der Waals surface area contributed by atoms with Crippen LogP contribution in [-0.4, -0.2) is 38.5 Å². The van der Waals surface area contributed by atoms with Gasteiger partial charge in [-0.1, -0.05) is 24.3 Å². The number of likely N-dealkylation sites (N-methyl/N-ethyl adjacent to an activating group) is 1. The molecule has 1 aromatic rings. The molecular weight excluding hydrogens is 374 g/mol. The van der Waals surface area contributed by atoms with Crippen molar-refractivity contribution < 1.29 is 13.2 Å². The molecule has 1 unspecified atom stereocenters. The number of allylic oxidation sites excluding steroid dienone is 1. The number of rotatable bonds is 4. The van der Waals surface area contributed by atoms with E-state index in [0.29, 0.717) is 0 Å². The maximum atomic E-state index is 12.5. The van der Waals surface area contributed by atoms with Crippen LogP contribution >= 0.6 is 0 Å². The Morgan fingerprint density at radius 3 is 2.82 bits per heavy atom. The Hall–Kier alpha value is -2.12. The van der Waals surface area contributed by atoms with Crippen molar-refractivity contribution in [1.82, 2.24) is 9.62 Å². The van der Waals surface area contributed by atoms with Gasteiger partial charge in [0.2, 0.25) is 0 Å². The topological polar surface area (TPSA) is 78.5 Å². The van der Waals surface area contributed by atoms with Crippen molar-refractivity contribution in [3.05, 3.63) is 45.9 Å². The second kappa shape index (κ2) is 7.04. The zero-order chi connectivity index (χ0) is 19.9. The fourth-order valence-electron chi connectivity index (χ4n) is 4.51. The molecule has 7 heteroatoms. The predicted octanol–water partition coefficient (Wildman–Crippen LogP) is 3.19. The second-order valence-electron chi connectivity index (χ2n) is 8.20. The molecule has 150 valence electrons. The van der Waals surface area contributed by atoms with E-state index in [1.807, 2.05) is 14.0 Å². The third-order valence-electron chi connectivity index (χ3n) is 6.29. The van der Waals surface area contributed by atoms with Crippen molar-refractivity contribution in [1.29, 1.82) is 0 Å². The molecule has 1 heterocycles. The van der Waals surface area contributed by atoms with Crippen LogP contribution in [0.5, 0.6) is 0 Å². The van der Waals surface area contributed by atoms with Gasteiger partial charge in [-0.05, 0) is 81.3 Å². The summed E-state index contributed by atoms with van der Waals surface area (Å²) in [5, 5.41) is 3.95. The van der Waals surface area contributed by atoms with Crippen LogP contribution in [0.25, 0.3) is 6.08 Å². The van der Waals surface area contributed by atoms with E-state index in [4.69, 9.17) is 0 Å². The van der Waals surface area contributed by atoms with E-state index in [-0.39, 0.29) is 5.54 Å². The second-order valence-corrected chi connectivity index (χ2v) is 9.77. The van der Waals surface area contributed by atoms with E-state index >= 15 is 0 Å². The van der Waals surface area contributed by atoms with Gasteiger partial charge < -0.3 is 5.32 Å². The number of sulfonamides is 1. The van der Waals surface area contributed by atoms with Crippen LogP contribution < -0.4 is 10.0 Å². The normalized spacial score (nSPS) is 23.9. The van der Waals surface area contributed by atoms with Crippen molar-refractivity contribution >= 4 is 27.8 Å². The van der Waals surface area contributed by atoms with Crippen molar-refractivity contribution in [2.24, 2.45) is 0 Å². The summed E-state index contributed by atoms with van der Waals surface area (Å²) < 4.78 is 27.0. The Bertz CT molecular complexity index is 977. The molecule has 1 saturated heterocycles. The van der Waals surface area contributed by atoms with Gasteiger partial charge in [0.1, 0.15) is 0 Å². The minimum absolute atomic E-state index is 0.294. The van der Waals surface area contributed by atoms with Gasteiger partial charge in [0, 0.05) is 16.6 Å². The number of anilines is 1. The zero-order valence-electron chi connectivity index (χ0n) is 16.4. The largest absolute Gasteiger partial charge is 0.333 e. The number of likely N-dealkylation sites (tertiary alicyclic amines) is 1. The van der Waals surface area contributed by atoms with Gasteiger partial charge >= 0.3 is 6.03 Å². The molecule has 0 radical (unpaired) electrons. The molecule has 28 heavy (non-hydrogen) atoms. The fraction of sp³-hybridized carbons (Fsp3) is 0.476. The lowest BCUT2D eigenvalue weighted by molar-refractivity contribution is 0.251. The van der Waals surface area contributed by atoms with E-state index < -0.39 is 16.1 Å². The first-order chi connectivity index (χ1) is 13.3. The van der Waals surface area contributed by atoms with Gasteiger partial charge in [0.25, 0.3) is 10.0 Å². The lowest BCUT2D eigenvalue weighted by atomic mass is 9.98. The predicted molar refractivity (Wildman–Crippen MR) is 112 cm³/mol. The van der Waals surface area contributed by atoms with Gasteiger partial charge in [-0.15, -0.1) is 0 Å². The van der Waals surface area contributed by atoms with Crippen LogP contribution in [0.3, 0.4) is 0 Å². The number of amides is 2. The molecule has 1 fully saturated rings. The van der Waals surface area contributed by atoms with Crippen molar-refractivity contribution in [2.45, 2.75) is 51.0 Å². The molecule has 6 nitrogen and oxygen atoms in total. The Labute approximate surface area is 166 Å². The smallest absolute Gasteiger partial charge is 0.307 e. The first-order valence-electron chi connectivity index (χ1n) is 9.86. The van der Waals surface area contributed by atoms with Crippen LogP contribution in [0.1, 0.15) is 48.4 Å². The van der Waals surface area contributed by atoms with Crippen molar-refractivity contribution in [2.75, 3.05) is 18.9 Å². The summed E-state index contributed by atoms with van der Waals surface area (Å²) >= 11 is 0. The van der Waals surface area contributed by atoms with Crippen LogP contribution in [0, 0.1) is 0 Å². The molecule has 3 aliphatic rings. The van der Waals surface area contributed by atoms with Crippen molar-refractivity contribution in [3.8, 4) is 0 Å². The average Bonchev–Trinajstić information content (AvgIpc) is 3.34. The molecule has 2 amide bonds. The molecule has 0 bridgehead atoms. The third-order valence-corrected chi connectivity index (χ3v) is 7.25. The summed E-state index contributed by atoms with van der Waals surface area (Å²) in [6.07, 6.45) is 11.5. The van der Waals surface area contributed by atoms with E-state index in [1.165, 1.54) is 5.56 Å². The summed E-state index contributed by atoms with van der Waals surface area (Å²) in [5.41, 5.74) is 5.08. The summed E-state index contributed by atoms with van der Waals surface area (Å²) in [4.78, 5) is 14.6. The molecule has 1 aromatic carbocycles. The number of aryl methyl sites for hydroxylation is 1. The SMILES string of the molecule is CN1CCCC1(C)/C=C/S(=O)(=O)NC(=O)Nc1c2c(cc3c1CCC3)C=CC2. The zero-order valence-corrected chi connectivity index (χ0v) is 17.2. The number of nitrogens with one attached hydrogen (secondary N) is 2. The number of fused-ring (bicyclic) bond motifs is 2.